The van der Waals surface area contributed by atoms with Gasteiger partial charge in [0.15, 0.2) is 0 Å². The molecule has 0 unspecified atom stereocenters. The van der Waals surface area contributed by atoms with Gasteiger partial charge in [-0.05, 0) is 34.6 Å². The second-order valence-electron chi connectivity index (χ2n) is 7.63. The highest BCUT2D eigenvalue weighted by atomic mass is 32.2. The van der Waals surface area contributed by atoms with E-state index in [0.717, 1.165) is 11.1 Å². The second-order valence-corrected chi connectivity index (χ2v) is 8.73. The van der Waals surface area contributed by atoms with Crippen molar-refractivity contribution < 1.29 is 25.5 Å². The van der Waals surface area contributed by atoms with Crippen molar-refractivity contribution in [3.8, 4) is 0 Å². The van der Waals surface area contributed by atoms with Gasteiger partial charge < -0.3 is 25.5 Å². The summed E-state index contributed by atoms with van der Waals surface area (Å²) in [4.78, 5) is 0. The molecule has 7 nitrogen and oxygen atoms in total. The molecule has 2 rings (SSSR count). The summed E-state index contributed by atoms with van der Waals surface area (Å²) in [5.74, 6) is 0. The predicted octanol–water partition coefficient (Wildman–Crippen LogP) is 0.315. The Balaban J connectivity index is 2.26. The maximum atomic E-state index is 11.1. The van der Waals surface area contributed by atoms with E-state index in [9.17, 15) is 25.5 Å². The van der Waals surface area contributed by atoms with Gasteiger partial charge in [0.1, 0.15) is 32.8 Å². The number of nitrogens with one attached hydrogen (secondary N) is 1. The first kappa shape index (κ1) is 21.1. The van der Waals surface area contributed by atoms with E-state index in [0.29, 0.717) is 5.04 Å². The normalized spacial score (nSPS) is 26.7. The molecule has 0 aliphatic carbocycles. The van der Waals surface area contributed by atoms with Crippen LogP contribution in [0.3, 0.4) is 0 Å². The van der Waals surface area contributed by atoms with Crippen LogP contribution < -0.4 is 5.43 Å². The van der Waals surface area contributed by atoms with Gasteiger partial charge in [0, 0.05) is 5.56 Å². The number of rotatable bonds is 6. The van der Waals surface area contributed by atoms with Crippen LogP contribution in [0.4, 0.5) is 0 Å². The number of hydrogen-bond acceptors (Lipinski definition) is 8. The zero-order chi connectivity index (χ0) is 20.0. The van der Waals surface area contributed by atoms with E-state index in [1.165, 1.54) is 39.5 Å². The Kier molecular flexibility index (Phi) is 5.51. The van der Waals surface area contributed by atoms with Crippen molar-refractivity contribution in [2.75, 3.05) is 6.61 Å². The summed E-state index contributed by atoms with van der Waals surface area (Å²) in [6.45, 7) is 6.14. The van der Waals surface area contributed by atoms with E-state index >= 15 is 0 Å². The van der Waals surface area contributed by atoms with E-state index in [1.54, 1.807) is 0 Å². The Labute approximate surface area is 157 Å². The fourth-order valence-corrected chi connectivity index (χ4v) is 3.94. The number of hydrogen-bond donors (Lipinski definition) is 6. The summed E-state index contributed by atoms with van der Waals surface area (Å²) < 4.78 is 0. The monoisotopic (exact) mass is 384 g/mol. The second kappa shape index (κ2) is 6.78. The number of nitrogens with zero attached hydrogens (tertiary/aromatic N) is 1. The Morgan fingerprint density at radius 1 is 1.00 bits per heavy atom. The van der Waals surface area contributed by atoms with Crippen LogP contribution in [0.2, 0.25) is 0 Å². The zero-order valence-electron chi connectivity index (χ0n) is 15.7. The molecule has 1 aliphatic heterocycles. The lowest BCUT2D eigenvalue weighted by molar-refractivity contribution is -0.286. The summed E-state index contributed by atoms with van der Waals surface area (Å²) in [5, 5.41) is 56.7. The van der Waals surface area contributed by atoms with E-state index in [1.807, 2.05) is 31.2 Å². The lowest BCUT2D eigenvalue weighted by Gasteiger charge is -2.53. The first-order chi connectivity index (χ1) is 11.8. The number of benzene rings is 1. The molecule has 0 amide bonds. The van der Waals surface area contributed by atoms with Crippen LogP contribution in [-0.2, 0) is 0 Å². The first-order valence-electron chi connectivity index (χ1n) is 8.35. The molecular formula is C18H28N2O5S. The van der Waals surface area contributed by atoms with Gasteiger partial charge in [-0.25, -0.2) is 0 Å². The Morgan fingerprint density at radius 3 is 2.04 bits per heavy atom. The standard InChI is InChI=1S/C18H28N2O5S/c1-11-6-8-12(9-7-11)13-19-20-14(26-13)16(3,23)18(5,25)17(4,24)15(2,22)10-21/h6-9,14,20-25H,10H2,1-5H3/t14-,15-,16-,17-,18-/m0/s1. The van der Waals surface area contributed by atoms with Gasteiger partial charge in [0.2, 0.25) is 0 Å². The van der Waals surface area contributed by atoms with E-state index in [4.69, 9.17) is 0 Å². The molecule has 8 heteroatoms. The quantitative estimate of drug-likeness (QED) is 0.417. The number of aliphatic hydroxyl groups excluding tert-OH is 1. The zero-order valence-corrected chi connectivity index (χ0v) is 16.5. The minimum atomic E-state index is -2.22. The maximum Gasteiger partial charge on any atom is 0.127 e. The van der Waals surface area contributed by atoms with Gasteiger partial charge in [-0.3, -0.25) is 5.43 Å². The molecule has 0 spiro atoms. The lowest BCUT2D eigenvalue weighted by atomic mass is 9.66. The van der Waals surface area contributed by atoms with Gasteiger partial charge in [0.25, 0.3) is 0 Å². The van der Waals surface area contributed by atoms with Crippen LogP contribution in [-0.4, -0.2) is 65.0 Å². The van der Waals surface area contributed by atoms with Crippen LogP contribution in [0, 0.1) is 6.92 Å². The minimum absolute atomic E-state index is 0.639. The molecule has 0 saturated heterocycles. The maximum absolute atomic E-state index is 11.1. The highest BCUT2D eigenvalue weighted by molar-refractivity contribution is 8.15. The van der Waals surface area contributed by atoms with Gasteiger partial charge in [-0.1, -0.05) is 41.6 Å². The van der Waals surface area contributed by atoms with Crippen molar-refractivity contribution in [2.45, 2.75) is 62.4 Å². The molecule has 0 saturated carbocycles. The molecule has 1 aromatic carbocycles. The van der Waals surface area contributed by atoms with Crippen LogP contribution in [0.1, 0.15) is 38.8 Å². The topological polar surface area (TPSA) is 126 Å². The molecule has 26 heavy (non-hydrogen) atoms. The van der Waals surface area contributed by atoms with Crippen molar-refractivity contribution in [3.63, 3.8) is 0 Å². The van der Waals surface area contributed by atoms with Gasteiger partial charge in [-0.15, -0.1) is 0 Å². The summed E-state index contributed by atoms with van der Waals surface area (Å²) in [6.07, 6.45) is 0. The van der Waals surface area contributed by atoms with Crippen molar-refractivity contribution in [2.24, 2.45) is 5.10 Å². The van der Waals surface area contributed by atoms with Gasteiger partial charge >= 0.3 is 0 Å². The molecule has 1 aliphatic rings. The van der Waals surface area contributed by atoms with Gasteiger partial charge in [-0.2, -0.15) is 5.10 Å². The molecule has 0 fully saturated rings. The molecule has 1 heterocycles. The average molecular weight is 384 g/mol. The lowest BCUT2D eigenvalue weighted by Crippen LogP contribution is -2.75. The number of thioether (sulfide) groups is 1. The first-order valence-corrected chi connectivity index (χ1v) is 9.23. The highest BCUT2D eigenvalue weighted by Gasteiger charge is 2.64. The van der Waals surface area contributed by atoms with Crippen LogP contribution >= 0.6 is 11.8 Å². The number of hydrazone groups is 1. The molecule has 0 aromatic heterocycles. The Bertz CT molecular complexity index is 683. The van der Waals surface area contributed by atoms with Crippen LogP contribution in [0.5, 0.6) is 0 Å². The highest BCUT2D eigenvalue weighted by Crippen LogP contribution is 2.44. The van der Waals surface area contributed by atoms with Crippen LogP contribution in [0.15, 0.2) is 29.4 Å². The van der Waals surface area contributed by atoms with Crippen molar-refractivity contribution in [1.82, 2.24) is 5.43 Å². The number of aryl methyl sites for hydroxylation is 1. The summed E-state index contributed by atoms with van der Waals surface area (Å²) in [6, 6.07) is 7.71. The van der Waals surface area contributed by atoms with Crippen molar-refractivity contribution in [1.29, 1.82) is 0 Å². The molecular weight excluding hydrogens is 356 g/mol. The predicted molar refractivity (Wildman–Crippen MR) is 102 cm³/mol. The summed E-state index contributed by atoms with van der Waals surface area (Å²) in [5.41, 5.74) is -3.58. The van der Waals surface area contributed by atoms with Crippen LogP contribution in [0.25, 0.3) is 0 Å². The van der Waals surface area contributed by atoms with Crippen molar-refractivity contribution >= 4 is 16.8 Å². The Morgan fingerprint density at radius 2 is 1.54 bits per heavy atom. The molecule has 5 atom stereocenters. The molecule has 6 N–H and O–H groups in total. The van der Waals surface area contributed by atoms with E-state index < -0.39 is 34.4 Å². The third-order valence-electron chi connectivity index (χ3n) is 5.61. The fourth-order valence-electron chi connectivity index (χ4n) is 2.78. The molecule has 0 radical (unpaired) electrons. The smallest absolute Gasteiger partial charge is 0.127 e. The largest absolute Gasteiger partial charge is 0.393 e. The minimum Gasteiger partial charge on any atom is -0.393 e. The van der Waals surface area contributed by atoms with E-state index in [2.05, 4.69) is 10.5 Å². The Hall–Kier alpha value is -1.16. The number of aliphatic hydroxyl groups is 5. The average Bonchev–Trinajstić information content (AvgIpc) is 3.05. The third-order valence-corrected chi connectivity index (χ3v) is 6.96. The van der Waals surface area contributed by atoms with Gasteiger partial charge in [0.05, 0.1) is 6.61 Å². The third kappa shape index (κ3) is 3.26. The van der Waals surface area contributed by atoms with E-state index in [-0.39, 0.29) is 0 Å². The fraction of sp³-hybridized carbons (Fsp3) is 0.611. The molecule has 146 valence electrons. The molecule has 0 bridgehead atoms. The summed E-state index contributed by atoms with van der Waals surface area (Å²) in [7, 11) is 0. The summed E-state index contributed by atoms with van der Waals surface area (Å²) >= 11 is 1.21. The van der Waals surface area contributed by atoms with Crippen molar-refractivity contribution in [3.05, 3.63) is 35.4 Å². The SMILES string of the molecule is Cc1ccc(C2=NN[C@H]([C@](C)(O)[C@](C)(O)[C@@](C)(O)[C@@](C)(O)CO)S2)cc1. The molecule has 1 aromatic rings.